The first kappa shape index (κ1) is 7.97. The summed E-state index contributed by atoms with van der Waals surface area (Å²) in [7, 11) is 0. The van der Waals surface area contributed by atoms with E-state index in [4.69, 9.17) is 8.42 Å². The van der Waals surface area contributed by atoms with Crippen molar-refractivity contribution in [2.24, 2.45) is 0 Å². The van der Waals surface area contributed by atoms with E-state index in [-0.39, 0.29) is 0 Å². The molecule has 0 aliphatic rings. The van der Waals surface area contributed by atoms with Gasteiger partial charge in [0.15, 0.2) is 0 Å². The summed E-state index contributed by atoms with van der Waals surface area (Å²) in [6.45, 7) is 0. The van der Waals surface area contributed by atoms with E-state index in [1.165, 1.54) is 0 Å². The number of aromatic nitrogens is 1. The van der Waals surface area contributed by atoms with E-state index in [0.717, 1.165) is 0 Å². The van der Waals surface area contributed by atoms with Gasteiger partial charge in [0.05, 0.1) is 0 Å². The van der Waals surface area contributed by atoms with E-state index in [2.05, 4.69) is 4.98 Å². The maximum absolute atomic E-state index is 8.29. The molecule has 0 spiro atoms. The summed E-state index contributed by atoms with van der Waals surface area (Å²) in [5.41, 5.74) is 0. The average Bonchev–Trinajstić information content (AvgIpc) is 1.93. The van der Waals surface area contributed by atoms with Crippen molar-refractivity contribution in [3.63, 3.8) is 0 Å². The van der Waals surface area contributed by atoms with Gasteiger partial charge in [0.25, 0.3) is 0 Å². The van der Waals surface area contributed by atoms with E-state index >= 15 is 0 Å². The minimum atomic E-state index is -0.750. The summed E-state index contributed by atoms with van der Waals surface area (Å²) in [6, 6.07) is 5.72. The minimum Gasteiger partial charge on any atom is -0.265 e. The van der Waals surface area contributed by atoms with Crippen molar-refractivity contribution in [1.29, 1.82) is 0 Å². The first-order valence-electron chi connectivity index (χ1n) is 2.18. The van der Waals surface area contributed by atoms with Gasteiger partial charge >= 0.3 is 11.6 Å². The smallest absolute Gasteiger partial charge is 0.265 e. The molecule has 0 unspecified atom stereocenters. The molecule has 0 fully saturated rings. The average molecular weight is 143 g/mol. The van der Waals surface area contributed by atoms with Crippen LogP contribution >= 0.6 is 0 Å². The molecule has 0 aliphatic heterocycles. The van der Waals surface area contributed by atoms with Crippen LogP contribution in [0.3, 0.4) is 0 Å². The van der Waals surface area contributed by atoms with E-state index < -0.39 is 11.6 Å². The highest BCUT2D eigenvalue weighted by Crippen LogP contribution is 1.73. The highest BCUT2D eigenvalue weighted by atomic mass is 32.1. The Bertz CT molecular complexity index is 145. The lowest BCUT2D eigenvalue weighted by Crippen LogP contribution is -1.58. The Balaban J connectivity index is 0.000000187. The zero-order chi connectivity index (χ0) is 6.95. The third kappa shape index (κ3) is 6.97. The standard InChI is InChI=1S/C5H5N.O2S/c1-2-4-6-5-3-1;1-3-2/h1-5H;. The summed E-state index contributed by atoms with van der Waals surface area (Å²) in [5.74, 6) is 0. The van der Waals surface area contributed by atoms with Gasteiger partial charge in [-0.3, -0.25) is 4.98 Å². The molecule has 0 atom stereocenters. The summed E-state index contributed by atoms with van der Waals surface area (Å²) in [4.78, 5) is 3.78. The molecule has 4 heteroatoms. The molecule has 0 aliphatic carbocycles. The van der Waals surface area contributed by atoms with Crippen molar-refractivity contribution in [2.75, 3.05) is 0 Å². The lowest BCUT2D eigenvalue weighted by molar-refractivity contribution is 0.630. The fraction of sp³-hybridized carbons (Fsp3) is 0. The second-order valence-corrected chi connectivity index (χ2v) is 1.23. The summed E-state index contributed by atoms with van der Waals surface area (Å²) in [6.07, 6.45) is 3.50. The van der Waals surface area contributed by atoms with Crippen molar-refractivity contribution in [3.8, 4) is 0 Å². The van der Waals surface area contributed by atoms with Crippen LogP contribution in [0.2, 0.25) is 0 Å². The van der Waals surface area contributed by atoms with Gasteiger partial charge in [-0.2, -0.15) is 8.42 Å². The van der Waals surface area contributed by atoms with Crippen molar-refractivity contribution in [3.05, 3.63) is 30.6 Å². The maximum atomic E-state index is 8.29. The predicted molar refractivity (Wildman–Crippen MR) is 33.2 cm³/mol. The molecule has 0 aromatic carbocycles. The largest absolute Gasteiger partial charge is 0.335 e. The Hall–Kier alpha value is -1.03. The topological polar surface area (TPSA) is 47.0 Å². The van der Waals surface area contributed by atoms with Crippen LogP contribution in [-0.4, -0.2) is 13.4 Å². The SMILES string of the molecule is O=S=O.c1ccncc1. The molecule has 3 nitrogen and oxygen atoms in total. The van der Waals surface area contributed by atoms with Gasteiger partial charge in [-0.15, -0.1) is 0 Å². The van der Waals surface area contributed by atoms with Crippen LogP contribution in [0.5, 0.6) is 0 Å². The lowest BCUT2D eigenvalue weighted by Gasteiger charge is -1.70. The Morgan fingerprint density at radius 3 is 1.56 bits per heavy atom. The lowest BCUT2D eigenvalue weighted by atomic mass is 10.5. The molecule has 0 saturated heterocycles. The Labute approximate surface area is 56.3 Å². The van der Waals surface area contributed by atoms with Crippen LogP contribution in [0.4, 0.5) is 0 Å². The summed E-state index contributed by atoms with van der Waals surface area (Å²) < 4.78 is 16.6. The van der Waals surface area contributed by atoms with Gasteiger partial charge in [-0.05, 0) is 12.1 Å². The fourth-order valence-electron chi connectivity index (χ4n) is 0.313. The first-order valence-corrected chi connectivity index (χ1v) is 2.85. The van der Waals surface area contributed by atoms with Crippen molar-refractivity contribution in [2.45, 2.75) is 0 Å². The molecule has 1 heterocycles. The first-order chi connectivity index (χ1) is 4.41. The quantitative estimate of drug-likeness (QED) is 0.528. The molecule has 0 amide bonds. The van der Waals surface area contributed by atoms with Gasteiger partial charge in [0, 0.05) is 12.4 Å². The van der Waals surface area contributed by atoms with Gasteiger partial charge in [0.1, 0.15) is 0 Å². The molecule has 9 heavy (non-hydrogen) atoms. The Morgan fingerprint density at radius 1 is 1.00 bits per heavy atom. The van der Waals surface area contributed by atoms with Crippen LogP contribution in [-0.2, 0) is 11.6 Å². The third-order valence-electron chi connectivity index (χ3n) is 0.566. The number of hydrogen-bond donors (Lipinski definition) is 0. The van der Waals surface area contributed by atoms with Gasteiger partial charge < -0.3 is 0 Å². The van der Waals surface area contributed by atoms with Gasteiger partial charge in [0.2, 0.25) is 0 Å². The summed E-state index contributed by atoms with van der Waals surface area (Å²) >= 11 is -0.750. The van der Waals surface area contributed by atoms with Gasteiger partial charge in [-0.1, -0.05) is 6.07 Å². The highest BCUT2D eigenvalue weighted by molar-refractivity contribution is 7.51. The van der Waals surface area contributed by atoms with Crippen LogP contribution < -0.4 is 0 Å². The van der Waals surface area contributed by atoms with Gasteiger partial charge in [-0.25, -0.2) is 0 Å². The van der Waals surface area contributed by atoms with Crippen LogP contribution in [0.1, 0.15) is 0 Å². The van der Waals surface area contributed by atoms with Crippen molar-refractivity contribution < 1.29 is 8.42 Å². The number of hydrogen-bond acceptors (Lipinski definition) is 3. The Kier molecular flexibility index (Phi) is 6.17. The normalized spacial score (nSPS) is 6.67. The van der Waals surface area contributed by atoms with E-state index in [1.54, 1.807) is 12.4 Å². The molecule has 0 N–H and O–H groups in total. The maximum Gasteiger partial charge on any atom is 0.335 e. The number of pyridine rings is 1. The zero-order valence-corrected chi connectivity index (χ0v) is 5.38. The van der Waals surface area contributed by atoms with Crippen LogP contribution in [0.25, 0.3) is 0 Å². The number of nitrogens with zero attached hydrogens (tertiary/aromatic N) is 1. The second kappa shape index (κ2) is 6.97. The molecule has 0 bridgehead atoms. The molecule has 0 radical (unpaired) electrons. The van der Waals surface area contributed by atoms with Crippen molar-refractivity contribution in [1.82, 2.24) is 4.98 Å². The third-order valence-corrected chi connectivity index (χ3v) is 0.566. The molecular weight excluding hydrogens is 138 g/mol. The van der Waals surface area contributed by atoms with Crippen LogP contribution in [0.15, 0.2) is 30.6 Å². The van der Waals surface area contributed by atoms with E-state index in [1.807, 2.05) is 18.2 Å². The van der Waals surface area contributed by atoms with E-state index in [0.29, 0.717) is 0 Å². The molecule has 0 saturated carbocycles. The molecule has 1 aromatic heterocycles. The highest BCUT2D eigenvalue weighted by Gasteiger charge is 1.58. The molecule has 1 rings (SSSR count). The second-order valence-electron chi connectivity index (χ2n) is 1.09. The molecular formula is C5H5NO2S. The number of rotatable bonds is 0. The van der Waals surface area contributed by atoms with Crippen molar-refractivity contribution >= 4 is 11.6 Å². The predicted octanol–water partition coefficient (Wildman–Crippen LogP) is 0.411. The van der Waals surface area contributed by atoms with E-state index in [9.17, 15) is 0 Å². The Morgan fingerprint density at radius 2 is 1.44 bits per heavy atom. The minimum absolute atomic E-state index is 0.750. The zero-order valence-electron chi connectivity index (χ0n) is 4.56. The molecule has 48 valence electrons. The van der Waals surface area contributed by atoms with Crippen LogP contribution in [0, 0.1) is 0 Å². The molecule has 1 aromatic rings. The summed E-state index contributed by atoms with van der Waals surface area (Å²) in [5, 5.41) is 0. The fourth-order valence-corrected chi connectivity index (χ4v) is 0.313. The monoisotopic (exact) mass is 143 g/mol.